The molecule has 2 aliphatic heterocycles. The van der Waals surface area contributed by atoms with Gasteiger partial charge in [0.1, 0.15) is 13.2 Å². The van der Waals surface area contributed by atoms with E-state index in [9.17, 15) is 14.0 Å². The molecule has 9 heteroatoms. The molecule has 4 rings (SSSR count). The van der Waals surface area contributed by atoms with E-state index in [1.165, 1.54) is 10.9 Å². The number of carbonyl (C=O) groups excluding carboxylic acids is 2. The summed E-state index contributed by atoms with van der Waals surface area (Å²) < 4.78 is 25.7. The monoisotopic (exact) mass is 503 g/mol. The van der Waals surface area contributed by atoms with E-state index in [1.54, 1.807) is 39.3 Å². The van der Waals surface area contributed by atoms with Crippen LogP contribution >= 0.6 is 11.3 Å². The SMILES string of the molecule is CC(C)(C)NC(=O)N(CC(=O)N1CCc2sccc2[C@H]1COc1ccccc1F)C[C@H]1CCCO1. The minimum absolute atomic E-state index is 0.0581. The Balaban J connectivity index is 1.51. The van der Waals surface area contributed by atoms with Crippen molar-refractivity contribution in [2.75, 3.05) is 32.8 Å². The average molecular weight is 504 g/mol. The van der Waals surface area contributed by atoms with Gasteiger partial charge in [-0.2, -0.15) is 0 Å². The molecule has 190 valence electrons. The molecular weight excluding hydrogens is 469 g/mol. The summed E-state index contributed by atoms with van der Waals surface area (Å²) in [6.07, 6.45) is 2.50. The lowest BCUT2D eigenvalue weighted by molar-refractivity contribution is -0.135. The fourth-order valence-corrected chi connectivity index (χ4v) is 5.44. The largest absolute Gasteiger partial charge is 0.488 e. The van der Waals surface area contributed by atoms with E-state index in [4.69, 9.17) is 9.47 Å². The van der Waals surface area contributed by atoms with Gasteiger partial charge in [-0.1, -0.05) is 12.1 Å². The second-order valence-electron chi connectivity index (χ2n) is 10.1. The molecule has 7 nitrogen and oxygen atoms in total. The van der Waals surface area contributed by atoms with Crippen molar-refractivity contribution in [3.05, 3.63) is 52.0 Å². The van der Waals surface area contributed by atoms with Crippen molar-refractivity contribution in [3.8, 4) is 5.75 Å². The highest BCUT2D eigenvalue weighted by atomic mass is 32.1. The summed E-state index contributed by atoms with van der Waals surface area (Å²) in [6, 6.07) is 7.63. The van der Waals surface area contributed by atoms with Gasteiger partial charge in [-0.3, -0.25) is 4.79 Å². The normalized spacial score (nSPS) is 19.8. The summed E-state index contributed by atoms with van der Waals surface area (Å²) in [4.78, 5) is 31.2. The molecule has 2 aromatic rings. The molecule has 1 N–H and O–H groups in total. The van der Waals surface area contributed by atoms with Crippen molar-refractivity contribution >= 4 is 23.3 Å². The van der Waals surface area contributed by atoms with Gasteiger partial charge in [-0.05, 0) is 69.2 Å². The molecule has 0 bridgehead atoms. The first-order chi connectivity index (χ1) is 16.7. The van der Waals surface area contributed by atoms with Gasteiger partial charge >= 0.3 is 6.03 Å². The molecule has 0 spiro atoms. The summed E-state index contributed by atoms with van der Waals surface area (Å²) in [5.41, 5.74) is 0.595. The Morgan fingerprint density at radius 2 is 2.09 bits per heavy atom. The quantitative estimate of drug-likeness (QED) is 0.609. The van der Waals surface area contributed by atoms with Crippen LogP contribution in [0.5, 0.6) is 5.75 Å². The molecular formula is C26H34FN3O4S. The lowest BCUT2D eigenvalue weighted by atomic mass is 10.0. The lowest BCUT2D eigenvalue weighted by Crippen LogP contribution is -2.54. The van der Waals surface area contributed by atoms with E-state index in [-0.39, 0.29) is 43.0 Å². The van der Waals surface area contributed by atoms with Crippen LogP contribution in [0.1, 0.15) is 50.1 Å². The molecule has 0 saturated carbocycles. The molecule has 1 aromatic carbocycles. The number of thiophene rings is 1. The van der Waals surface area contributed by atoms with Gasteiger partial charge in [-0.15, -0.1) is 11.3 Å². The number of nitrogens with zero attached hydrogens (tertiary/aromatic N) is 2. The minimum atomic E-state index is -0.437. The van der Waals surface area contributed by atoms with E-state index in [1.807, 2.05) is 32.2 Å². The number of hydrogen-bond donors (Lipinski definition) is 1. The summed E-state index contributed by atoms with van der Waals surface area (Å²) >= 11 is 1.66. The number of amides is 3. The predicted octanol–water partition coefficient (Wildman–Crippen LogP) is 4.38. The molecule has 0 unspecified atom stereocenters. The third-order valence-corrected chi connectivity index (χ3v) is 7.19. The number of carbonyl (C=O) groups is 2. The van der Waals surface area contributed by atoms with Crippen LogP contribution in [0, 0.1) is 5.82 Å². The van der Waals surface area contributed by atoms with E-state index in [2.05, 4.69) is 5.32 Å². The molecule has 2 atom stereocenters. The average Bonchev–Trinajstić information content (AvgIpc) is 3.48. The highest BCUT2D eigenvalue weighted by Crippen LogP contribution is 2.34. The highest BCUT2D eigenvalue weighted by Gasteiger charge is 2.35. The Labute approximate surface area is 210 Å². The van der Waals surface area contributed by atoms with Crippen molar-refractivity contribution in [2.45, 2.75) is 57.7 Å². The number of ether oxygens (including phenoxy) is 2. The van der Waals surface area contributed by atoms with Crippen LogP contribution < -0.4 is 10.1 Å². The van der Waals surface area contributed by atoms with E-state index in [0.29, 0.717) is 19.7 Å². The van der Waals surface area contributed by atoms with Crippen molar-refractivity contribution in [1.29, 1.82) is 0 Å². The number of rotatable bonds is 7. The maximum Gasteiger partial charge on any atom is 0.318 e. The number of benzene rings is 1. The molecule has 0 aliphatic carbocycles. The third-order valence-electron chi connectivity index (χ3n) is 6.19. The predicted molar refractivity (Wildman–Crippen MR) is 133 cm³/mol. The van der Waals surface area contributed by atoms with Crippen LogP contribution in [-0.2, 0) is 16.0 Å². The summed E-state index contributed by atoms with van der Waals surface area (Å²) in [6.45, 7) is 7.37. The topological polar surface area (TPSA) is 71.1 Å². The molecule has 1 fully saturated rings. The van der Waals surface area contributed by atoms with Gasteiger partial charge in [0.05, 0.1) is 12.1 Å². The van der Waals surface area contributed by atoms with Crippen LogP contribution in [-0.4, -0.2) is 66.2 Å². The van der Waals surface area contributed by atoms with Gasteiger partial charge in [0.15, 0.2) is 11.6 Å². The van der Waals surface area contributed by atoms with Crippen LogP contribution in [0.4, 0.5) is 9.18 Å². The fraction of sp³-hybridized carbons (Fsp3) is 0.538. The number of halogens is 1. The van der Waals surface area contributed by atoms with Gasteiger partial charge in [0.25, 0.3) is 0 Å². The zero-order valence-corrected chi connectivity index (χ0v) is 21.4. The summed E-state index contributed by atoms with van der Waals surface area (Å²) in [7, 11) is 0. The molecule has 2 aliphatic rings. The highest BCUT2D eigenvalue weighted by molar-refractivity contribution is 7.10. The Morgan fingerprint density at radius 3 is 2.80 bits per heavy atom. The van der Waals surface area contributed by atoms with E-state index in [0.717, 1.165) is 24.8 Å². The number of hydrogen-bond acceptors (Lipinski definition) is 5. The van der Waals surface area contributed by atoms with Gasteiger partial charge < -0.3 is 24.6 Å². The minimum Gasteiger partial charge on any atom is -0.488 e. The third kappa shape index (κ3) is 6.52. The Hall–Kier alpha value is -2.65. The molecule has 1 aromatic heterocycles. The Kier molecular flexibility index (Phi) is 7.96. The van der Waals surface area contributed by atoms with Crippen LogP contribution in [0.2, 0.25) is 0 Å². The van der Waals surface area contributed by atoms with E-state index < -0.39 is 11.4 Å². The van der Waals surface area contributed by atoms with Crippen molar-refractivity contribution in [2.24, 2.45) is 0 Å². The molecule has 3 amide bonds. The summed E-state index contributed by atoms with van der Waals surface area (Å²) in [5, 5.41) is 4.98. The first-order valence-corrected chi connectivity index (χ1v) is 13.0. The number of urea groups is 1. The number of para-hydroxylation sites is 1. The number of nitrogens with one attached hydrogen (secondary N) is 1. The maximum atomic E-state index is 14.2. The lowest BCUT2D eigenvalue weighted by Gasteiger charge is -2.37. The van der Waals surface area contributed by atoms with Crippen LogP contribution in [0.15, 0.2) is 35.7 Å². The first-order valence-electron chi connectivity index (χ1n) is 12.1. The van der Waals surface area contributed by atoms with Crippen molar-refractivity contribution in [1.82, 2.24) is 15.1 Å². The standard InChI is InChI=1S/C26H34FN3O4S/c1-26(2,3)28-25(32)29(15-18-7-6-13-33-18)16-24(31)30-12-10-23-19(11-14-35-23)21(30)17-34-22-9-5-4-8-20(22)27/h4-5,8-9,11,14,18,21H,6-7,10,12-13,15-17H2,1-3H3,(H,28,32)/t18-,21-/m1/s1. The molecule has 35 heavy (non-hydrogen) atoms. The molecule has 3 heterocycles. The maximum absolute atomic E-state index is 14.2. The van der Waals surface area contributed by atoms with E-state index >= 15 is 0 Å². The zero-order valence-electron chi connectivity index (χ0n) is 20.6. The fourth-order valence-electron chi connectivity index (χ4n) is 4.51. The first kappa shape index (κ1) is 25.4. The van der Waals surface area contributed by atoms with Gasteiger partial charge in [0.2, 0.25) is 5.91 Å². The smallest absolute Gasteiger partial charge is 0.318 e. The molecule has 1 saturated heterocycles. The summed E-state index contributed by atoms with van der Waals surface area (Å²) in [5.74, 6) is -0.439. The molecule has 0 radical (unpaired) electrons. The Morgan fingerprint density at radius 1 is 1.29 bits per heavy atom. The van der Waals surface area contributed by atoms with Gasteiger partial charge in [0, 0.05) is 30.1 Å². The number of fused-ring (bicyclic) bond motifs is 1. The zero-order chi connectivity index (χ0) is 25.0. The van der Waals surface area contributed by atoms with Crippen molar-refractivity contribution < 1.29 is 23.5 Å². The second-order valence-corrected chi connectivity index (χ2v) is 11.1. The van der Waals surface area contributed by atoms with Crippen LogP contribution in [0.25, 0.3) is 0 Å². The second kappa shape index (κ2) is 11.0. The van der Waals surface area contributed by atoms with Crippen LogP contribution in [0.3, 0.4) is 0 Å². The van der Waals surface area contributed by atoms with Crippen molar-refractivity contribution in [3.63, 3.8) is 0 Å². The van der Waals surface area contributed by atoms with Gasteiger partial charge in [-0.25, -0.2) is 9.18 Å². The Bertz CT molecular complexity index is 1030.